The molecule has 7 nitrogen and oxygen atoms in total. The molecule has 2 fully saturated rings. The highest BCUT2D eigenvalue weighted by Gasteiger charge is 2.47. The quantitative estimate of drug-likeness (QED) is 0.487. The molecule has 1 amide bonds. The zero-order valence-corrected chi connectivity index (χ0v) is 21.1. The van der Waals surface area contributed by atoms with E-state index in [0.29, 0.717) is 24.5 Å². The number of nitrogens with zero attached hydrogens (tertiary/aromatic N) is 2. The Morgan fingerprint density at radius 3 is 2.49 bits per heavy atom. The summed E-state index contributed by atoms with van der Waals surface area (Å²) in [5, 5.41) is 4.30. The van der Waals surface area contributed by atoms with E-state index in [1.54, 1.807) is 26.5 Å². The molecule has 3 aromatic rings. The second kappa shape index (κ2) is 11.1. The van der Waals surface area contributed by atoms with Crippen LogP contribution in [0.4, 0.5) is 0 Å². The van der Waals surface area contributed by atoms with Gasteiger partial charge in [0.15, 0.2) is 0 Å². The van der Waals surface area contributed by atoms with Gasteiger partial charge in [0, 0.05) is 30.3 Å². The van der Waals surface area contributed by atoms with Crippen LogP contribution in [0.5, 0.6) is 11.5 Å². The molecule has 35 heavy (non-hydrogen) atoms. The summed E-state index contributed by atoms with van der Waals surface area (Å²) in [4.78, 5) is 20.0. The summed E-state index contributed by atoms with van der Waals surface area (Å²) in [6.07, 6.45) is 4.92. The van der Waals surface area contributed by atoms with Crippen LogP contribution in [-0.2, 0) is 10.3 Å². The van der Waals surface area contributed by atoms with Crippen LogP contribution in [0.2, 0.25) is 0 Å². The third-order valence-corrected chi connectivity index (χ3v) is 6.64. The lowest BCUT2D eigenvalue weighted by Crippen LogP contribution is -2.35. The molecule has 186 valence electrons. The van der Waals surface area contributed by atoms with Gasteiger partial charge in [-0.25, -0.2) is 0 Å². The first-order chi connectivity index (χ1) is 17.0. The van der Waals surface area contributed by atoms with E-state index >= 15 is 0 Å². The Hall–Kier alpha value is -3.16. The summed E-state index contributed by atoms with van der Waals surface area (Å²) in [6, 6.07) is 13.5. The van der Waals surface area contributed by atoms with E-state index in [1.165, 1.54) is 19.5 Å². The smallest absolute Gasteiger partial charge is 0.252 e. The molecule has 1 saturated carbocycles. The van der Waals surface area contributed by atoms with Crippen molar-refractivity contribution in [1.29, 1.82) is 0 Å². The van der Waals surface area contributed by atoms with Crippen molar-refractivity contribution in [3.05, 3.63) is 65.4 Å². The topological polar surface area (TPSA) is 72.9 Å². The highest BCUT2D eigenvalue weighted by atomic mass is 16.5. The van der Waals surface area contributed by atoms with Crippen molar-refractivity contribution in [2.24, 2.45) is 0 Å². The Morgan fingerprint density at radius 1 is 1.09 bits per heavy atom. The average molecular weight is 478 g/mol. The van der Waals surface area contributed by atoms with Gasteiger partial charge in [0.25, 0.3) is 5.91 Å². The van der Waals surface area contributed by atoms with Gasteiger partial charge in [-0.05, 0) is 81.7 Å². The number of rotatable bonds is 8. The number of benzene rings is 2. The van der Waals surface area contributed by atoms with Crippen LogP contribution < -0.4 is 14.8 Å². The number of carbonyl (C=O) groups excluding carboxylic acids is 1. The van der Waals surface area contributed by atoms with Gasteiger partial charge in [0.05, 0.1) is 24.8 Å². The van der Waals surface area contributed by atoms with Crippen LogP contribution in [0.1, 0.15) is 40.7 Å². The van der Waals surface area contributed by atoms with Gasteiger partial charge >= 0.3 is 0 Å². The number of carbonyl (C=O) groups is 1. The highest BCUT2D eigenvalue weighted by molar-refractivity contribution is 5.97. The van der Waals surface area contributed by atoms with E-state index in [2.05, 4.69) is 22.2 Å². The number of likely N-dealkylation sites (tertiary alicyclic amines) is 1. The molecule has 1 aliphatic carbocycles. The molecule has 7 heteroatoms. The fourth-order valence-corrected chi connectivity index (χ4v) is 4.20. The molecule has 0 radical (unpaired) electrons. The molecule has 0 atom stereocenters. The van der Waals surface area contributed by atoms with Gasteiger partial charge in [0.2, 0.25) is 0 Å². The molecule has 0 unspecified atom stereocenters. The molecule has 1 aliphatic heterocycles. The number of hydrogen-bond acceptors (Lipinski definition) is 6. The van der Waals surface area contributed by atoms with Gasteiger partial charge in [-0.1, -0.05) is 12.1 Å². The van der Waals surface area contributed by atoms with Crippen molar-refractivity contribution in [3.63, 3.8) is 0 Å². The molecular formula is C28H35N3O4. The second-order valence-electron chi connectivity index (χ2n) is 9.26. The van der Waals surface area contributed by atoms with Crippen LogP contribution in [-0.4, -0.2) is 63.4 Å². The molecule has 2 heterocycles. The maximum Gasteiger partial charge on any atom is 0.252 e. The molecular weight excluding hydrogens is 442 g/mol. The first-order valence-electron chi connectivity index (χ1n) is 12.1. The van der Waals surface area contributed by atoms with E-state index < -0.39 is 5.54 Å². The summed E-state index contributed by atoms with van der Waals surface area (Å²) in [6.45, 7) is 5.53. The fraction of sp³-hybridized carbons (Fsp3) is 0.429. The Balaban J connectivity index is 0.000000514. The number of pyridine rings is 1. The van der Waals surface area contributed by atoms with Gasteiger partial charge in [-0.2, -0.15) is 0 Å². The van der Waals surface area contributed by atoms with Gasteiger partial charge in [-0.3, -0.25) is 9.78 Å². The van der Waals surface area contributed by atoms with Crippen LogP contribution in [0, 0.1) is 6.92 Å². The van der Waals surface area contributed by atoms with E-state index in [-0.39, 0.29) is 5.91 Å². The standard InChI is InChI=1S/C24H26N2O4.C4H9N/c1-16-6-7-17(29-3)13-20(16)23(27)26-24(8-9-24)21-14-18(30-12-11-28-2)15-22-19(21)5-4-10-25-22;1-5-3-2-4-5/h4-7,10,13-15H,8-9,11-12H2,1-3H3,(H,26,27);2-4H2,1H3. The van der Waals surface area contributed by atoms with Crippen molar-refractivity contribution >= 4 is 16.8 Å². The lowest BCUT2D eigenvalue weighted by molar-refractivity contribution is 0.0930. The molecule has 1 saturated heterocycles. The maximum atomic E-state index is 13.2. The Kier molecular flexibility index (Phi) is 7.88. The molecule has 2 aliphatic rings. The van der Waals surface area contributed by atoms with E-state index in [1.807, 2.05) is 43.3 Å². The van der Waals surface area contributed by atoms with E-state index in [9.17, 15) is 4.79 Å². The van der Waals surface area contributed by atoms with Crippen molar-refractivity contribution in [2.75, 3.05) is 47.6 Å². The second-order valence-corrected chi connectivity index (χ2v) is 9.26. The number of aromatic nitrogens is 1. The molecule has 1 aromatic heterocycles. The fourth-order valence-electron chi connectivity index (χ4n) is 4.20. The maximum absolute atomic E-state index is 13.2. The summed E-state index contributed by atoms with van der Waals surface area (Å²) in [5.74, 6) is 1.29. The molecule has 0 bridgehead atoms. The largest absolute Gasteiger partial charge is 0.497 e. The van der Waals surface area contributed by atoms with Gasteiger partial charge in [-0.15, -0.1) is 0 Å². The van der Waals surface area contributed by atoms with E-state index in [0.717, 1.165) is 40.6 Å². The number of nitrogens with one attached hydrogen (secondary N) is 1. The third-order valence-electron chi connectivity index (χ3n) is 6.64. The zero-order chi connectivity index (χ0) is 24.8. The third kappa shape index (κ3) is 5.92. The van der Waals surface area contributed by atoms with Crippen molar-refractivity contribution < 1.29 is 19.0 Å². The Bertz CT molecular complexity index is 1170. The van der Waals surface area contributed by atoms with Crippen molar-refractivity contribution in [2.45, 2.75) is 31.7 Å². The lowest BCUT2D eigenvalue weighted by Gasteiger charge is -2.24. The molecule has 0 spiro atoms. The van der Waals surface area contributed by atoms with Gasteiger partial charge < -0.3 is 24.4 Å². The molecule has 2 aromatic carbocycles. The number of amides is 1. The van der Waals surface area contributed by atoms with Crippen molar-refractivity contribution in [3.8, 4) is 11.5 Å². The van der Waals surface area contributed by atoms with E-state index in [4.69, 9.17) is 14.2 Å². The van der Waals surface area contributed by atoms with Crippen molar-refractivity contribution in [1.82, 2.24) is 15.2 Å². The van der Waals surface area contributed by atoms with Crippen LogP contribution >= 0.6 is 0 Å². The Morgan fingerprint density at radius 2 is 1.86 bits per heavy atom. The molecule has 1 N–H and O–H groups in total. The summed E-state index contributed by atoms with van der Waals surface area (Å²) < 4.78 is 16.2. The van der Waals surface area contributed by atoms with Crippen LogP contribution in [0.15, 0.2) is 48.7 Å². The first kappa shape index (κ1) is 24.9. The summed E-state index contributed by atoms with van der Waals surface area (Å²) in [5.41, 5.74) is 2.99. The monoisotopic (exact) mass is 477 g/mol. The van der Waals surface area contributed by atoms with Crippen LogP contribution in [0.25, 0.3) is 10.9 Å². The van der Waals surface area contributed by atoms with Crippen LogP contribution in [0.3, 0.4) is 0 Å². The minimum Gasteiger partial charge on any atom is -0.497 e. The lowest BCUT2D eigenvalue weighted by atomic mass is 9.97. The SMILES string of the molecule is CN1CCC1.COCCOc1cc(C2(NC(=O)c3cc(OC)ccc3C)CC2)c2cccnc2c1. The minimum atomic E-state index is -0.422. The normalized spacial score (nSPS) is 16.0. The first-order valence-corrected chi connectivity index (χ1v) is 12.1. The average Bonchev–Trinajstić information content (AvgIpc) is 3.63. The Labute approximate surface area is 207 Å². The number of aryl methyl sites for hydroxylation is 1. The predicted molar refractivity (Wildman–Crippen MR) is 137 cm³/mol. The summed E-state index contributed by atoms with van der Waals surface area (Å²) >= 11 is 0. The minimum absolute atomic E-state index is 0.105. The number of methoxy groups -OCH3 is 2. The predicted octanol–water partition coefficient (Wildman–Crippen LogP) is 4.32. The number of ether oxygens (including phenoxy) is 3. The summed E-state index contributed by atoms with van der Waals surface area (Å²) in [7, 11) is 5.39. The zero-order valence-electron chi connectivity index (χ0n) is 21.1. The molecule has 5 rings (SSSR count). The highest BCUT2D eigenvalue weighted by Crippen LogP contribution is 2.49. The van der Waals surface area contributed by atoms with Gasteiger partial charge in [0.1, 0.15) is 18.1 Å². The number of hydrogen-bond donors (Lipinski definition) is 1. The number of fused-ring (bicyclic) bond motifs is 1.